The second-order valence-corrected chi connectivity index (χ2v) is 3.46. The van der Waals surface area contributed by atoms with Gasteiger partial charge in [-0.2, -0.15) is 0 Å². The lowest BCUT2D eigenvalue weighted by Gasteiger charge is -2.10. The van der Waals surface area contributed by atoms with Gasteiger partial charge in [-0.15, -0.1) is 0 Å². The molecule has 0 saturated carbocycles. The number of allylic oxidation sites excluding steroid dienone is 2. The van der Waals surface area contributed by atoms with Crippen molar-refractivity contribution < 1.29 is 9.59 Å². The fourth-order valence-corrected chi connectivity index (χ4v) is 1.38. The summed E-state index contributed by atoms with van der Waals surface area (Å²) < 4.78 is 0. The number of amides is 1. The highest BCUT2D eigenvalue weighted by molar-refractivity contribution is 7.96. The molecule has 0 radical (unpaired) electrons. The normalized spacial score (nSPS) is 14.9. The van der Waals surface area contributed by atoms with Crippen molar-refractivity contribution in [2.45, 2.75) is 26.3 Å². The molecule has 1 heterocycles. The summed E-state index contributed by atoms with van der Waals surface area (Å²) in [5, 5.41) is 1.93. The summed E-state index contributed by atoms with van der Waals surface area (Å²) in [5.41, 5.74) is 0.954. The van der Waals surface area contributed by atoms with Gasteiger partial charge in [0.2, 0.25) is 0 Å². The van der Waals surface area contributed by atoms with Gasteiger partial charge in [0.1, 0.15) is 6.29 Å². The number of aldehydes is 1. The highest BCUT2D eigenvalue weighted by atomic mass is 32.1. The van der Waals surface area contributed by atoms with Crippen molar-refractivity contribution in [3.05, 3.63) is 23.8 Å². The minimum absolute atomic E-state index is 0.457. The minimum Gasteiger partial charge on any atom is -0.337 e. The smallest absolute Gasteiger partial charge is 0.276 e. The van der Waals surface area contributed by atoms with Gasteiger partial charge >= 0.3 is 0 Å². The Kier molecular flexibility index (Phi) is 9.05. The number of carbonyl (C=O) groups excluding carboxylic acids is 2. The first-order valence-electron chi connectivity index (χ1n) is 5.52. The van der Waals surface area contributed by atoms with Crippen LogP contribution >= 0.6 is 12.6 Å². The molecule has 0 fully saturated rings. The molecule has 4 nitrogen and oxygen atoms in total. The number of nitrogens with one attached hydrogen (secondary N) is 1. The summed E-state index contributed by atoms with van der Waals surface area (Å²) >= 11 is 3.56. The van der Waals surface area contributed by atoms with E-state index in [2.05, 4.69) is 22.9 Å². The average Bonchev–Trinajstić information content (AvgIpc) is 2.59. The van der Waals surface area contributed by atoms with Crippen molar-refractivity contribution in [1.82, 2.24) is 5.32 Å². The lowest BCUT2D eigenvalue weighted by atomic mass is 10.1. The first-order valence-corrected chi connectivity index (χ1v) is 5.97. The van der Waals surface area contributed by atoms with Gasteiger partial charge in [-0.1, -0.05) is 38.6 Å². The molecule has 1 rings (SSSR count). The van der Waals surface area contributed by atoms with Crippen LogP contribution in [0.1, 0.15) is 20.3 Å². The monoisotopic (exact) mass is 254 g/mol. The lowest BCUT2D eigenvalue weighted by Crippen LogP contribution is -2.32. The zero-order valence-corrected chi connectivity index (χ0v) is 11.0. The van der Waals surface area contributed by atoms with Crippen LogP contribution in [-0.4, -0.2) is 30.3 Å². The van der Waals surface area contributed by atoms with Crippen molar-refractivity contribution in [3.8, 4) is 0 Å². The van der Waals surface area contributed by atoms with Crippen LogP contribution in [0.3, 0.4) is 0 Å². The Balaban J connectivity index is 0.00000121. The summed E-state index contributed by atoms with van der Waals surface area (Å²) in [6, 6.07) is -0.530. The Morgan fingerprint density at radius 3 is 2.94 bits per heavy atom. The third-order valence-corrected chi connectivity index (χ3v) is 1.99. The van der Waals surface area contributed by atoms with Crippen LogP contribution in [-0.2, 0) is 4.79 Å². The molecule has 0 spiro atoms. The largest absolute Gasteiger partial charge is 0.337 e. The van der Waals surface area contributed by atoms with Crippen LogP contribution in [0.25, 0.3) is 0 Å². The van der Waals surface area contributed by atoms with Crippen LogP contribution < -0.4 is 5.32 Å². The molecule has 1 aliphatic rings. The molecular formula is C12H18N2O2S. The molecule has 0 aliphatic carbocycles. The van der Waals surface area contributed by atoms with Gasteiger partial charge in [-0.3, -0.25) is 9.79 Å². The number of hydrogen-bond donors (Lipinski definition) is 2. The number of aliphatic imine (C=N–C) groups is 1. The third kappa shape index (κ3) is 7.52. The number of hydrogen-bond acceptors (Lipinski definition) is 3. The molecule has 94 valence electrons. The molecule has 0 aromatic carbocycles. The Bertz CT molecular complexity index is 335. The Labute approximate surface area is 107 Å². The van der Waals surface area contributed by atoms with Gasteiger partial charge in [0, 0.05) is 6.21 Å². The van der Waals surface area contributed by atoms with Gasteiger partial charge in [0.25, 0.3) is 5.24 Å². The Hall–Kier alpha value is -1.36. The van der Waals surface area contributed by atoms with Crippen LogP contribution in [0.5, 0.6) is 0 Å². The number of rotatable bonds is 4. The van der Waals surface area contributed by atoms with E-state index in [0.29, 0.717) is 19.3 Å². The van der Waals surface area contributed by atoms with Crippen molar-refractivity contribution in [2.75, 3.05) is 6.54 Å². The summed E-state index contributed by atoms with van der Waals surface area (Å²) in [7, 11) is 0. The van der Waals surface area contributed by atoms with E-state index in [4.69, 9.17) is 0 Å². The zero-order valence-electron chi connectivity index (χ0n) is 10.1. The van der Waals surface area contributed by atoms with E-state index in [0.717, 1.165) is 5.57 Å². The molecule has 0 saturated heterocycles. The van der Waals surface area contributed by atoms with E-state index >= 15 is 0 Å². The minimum atomic E-state index is -0.530. The quantitative estimate of drug-likeness (QED) is 0.596. The second-order valence-electron chi connectivity index (χ2n) is 3.05. The SMILES string of the molecule is CC.O=CC(CC1=CC=NCC=C1)NC(=O)S. The maximum Gasteiger partial charge on any atom is 0.276 e. The van der Waals surface area contributed by atoms with Crippen LogP contribution in [0.2, 0.25) is 0 Å². The number of thiol groups is 1. The number of carbonyl (C=O) groups is 2. The molecule has 1 amide bonds. The predicted octanol–water partition coefficient (Wildman–Crippen LogP) is 2.18. The summed E-state index contributed by atoms with van der Waals surface area (Å²) in [4.78, 5) is 25.4. The molecule has 0 bridgehead atoms. The van der Waals surface area contributed by atoms with Gasteiger partial charge in [-0.05, 0) is 18.1 Å². The van der Waals surface area contributed by atoms with Crippen molar-refractivity contribution in [3.63, 3.8) is 0 Å². The maximum atomic E-state index is 10.7. The molecule has 1 aliphatic heterocycles. The average molecular weight is 254 g/mol. The third-order valence-electron chi connectivity index (χ3n) is 1.87. The van der Waals surface area contributed by atoms with Gasteiger partial charge in [-0.25, -0.2) is 0 Å². The van der Waals surface area contributed by atoms with E-state index in [-0.39, 0.29) is 0 Å². The van der Waals surface area contributed by atoms with E-state index in [1.807, 2.05) is 32.1 Å². The Morgan fingerprint density at radius 2 is 2.35 bits per heavy atom. The van der Waals surface area contributed by atoms with Crippen LogP contribution in [0, 0.1) is 0 Å². The summed E-state index contributed by atoms with van der Waals surface area (Å²) in [6.45, 7) is 4.64. The number of nitrogens with zero attached hydrogens (tertiary/aromatic N) is 1. The molecule has 0 aromatic heterocycles. The van der Waals surface area contributed by atoms with E-state index in [1.165, 1.54) is 0 Å². The van der Waals surface area contributed by atoms with Gasteiger partial charge < -0.3 is 10.1 Å². The van der Waals surface area contributed by atoms with Crippen molar-refractivity contribution in [2.24, 2.45) is 4.99 Å². The molecule has 1 unspecified atom stereocenters. The fourth-order valence-electron chi connectivity index (χ4n) is 1.21. The summed E-state index contributed by atoms with van der Waals surface area (Å²) in [6.07, 6.45) is 8.47. The molecule has 17 heavy (non-hydrogen) atoms. The molecule has 1 atom stereocenters. The lowest BCUT2D eigenvalue weighted by molar-refractivity contribution is -0.109. The van der Waals surface area contributed by atoms with E-state index in [1.54, 1.807) is 6.21 Å². The molecular weight excluding hydrogens is 236 g/mol. The predicted molar refractivity (Wildman–Crippen MR) is 73.9 cm³/mol. The first kappa shape index (κ1) is 15.6. The van der Waals surface area contributed by atoms with Gasteiger partial charge in [0.15, 0.2) is 0 Å². The van der Waals surface area contributed by atoms with Crippen molar-refractivity contribution in [1.29, 1.82) is 0 Å². The fraction of sp³-hybridized carbons (Fsp3) is 0.417. The van der Waals surface area contributed by atoms with Crippen LogP contribution in [0.4, 0.5) is 4.79 Å². The molecule has 5 heteroatoms. The Morgan fingerprint density at radius 1 is 1.65 bits per heavy atom. The second kappa shape index (κ2) is 9.84. The topological polar surface area (TPSA) is 58.5 Å². The van der Waals surface area contributed by atoms with E-state index in [9.17, 15) is 9.59 Å². The highest BCUT2D eigenvalue weighted by Crippen LogP contribution is 2.08. The van der Waals surface area contributed by atoms with Crippen LogP contribution in [0.15, 0.2) is 28.8 Å². The summed E-state index contributed by atoms with van der Waals surface area (Å²) in [5.74, 6) is 0. The van der Waals surface area contributed by atoms with Gasteiger partial charge in [0.05, 0.1) is 12.6 Å². The highest BCUT2D eigenvalue weighted by Gasteiger charge is 2.10. The first-order chi connectivity index (χ1) is 8.22. The maximum absolute atomic E-state index is 10.7. The van der Waals surface area contributed by atoms with E-state index < -0.39 is 11.3 Å². The molecule has 0 aromatic rings. The standard InChI is InChI=1S/C10H12N2O2S.C2H6/c13-7-9(12-10(14)15)6-8-2-1-4-11-5-3-8;1-2/h1-3,5,7,9H,4,6H2,(H2,12,14,15);1-2H3. The van der Waals surface area contributed by atoms with Crippen molar-refractivity contribution >= 4 is 30.4 Å². The molecule has 1 N–H and O–H groups in total. The zero-order chi connectivity index (χ0) is 13.1.